The summed E-state index contributed by atoms with van der Waals surface area (Å²) >= 11 is 11.8. The zero-order valence-electron chi connectivity index (χ0n) is 10.9. The number of benzene rings is 1. The van der Waals surface area contributed by atoms with Crippen molar-refractivity contribution in [1.82, 2.24) is 4.90 Å². The highest BCUT2D eigenvalue weighted by Gasteiger charge is 2.12. The number of likely N-dealkylation sites (N-methyl/N-ethyl adjacent to an activating group) is 1. The lowest BCUT2D eigenvalue weighted by atomic mass is 10.2. The van der Waals surface area contributed by atoms with Gasteiger partial charge in [0.25, 0.3) is 0 Å². The highest BCUT2D eigenvalue weighted by Crippen LogP contribution is 2.31. The van der Waals surface area contributed by atoms with Crippen molar-refractivity contribution < 1.29 is 9.53 Å². The molecule has 0 atom stereocenters. The predicted molar refractivity (Wildman–Crippen MR) is 78.9 cm³/mol. The van der Waals surface area contributed by atoms with Crippen LogP contribution in [0.2, 0.25) is 10.0 Å². The van der Waals surface area contributed by atoms with Crippen LogP contribution in [0.1, 0.15) is 0 Å². The third-order valence-corrected chi connectivity index (χ3v) is 2.96. The van der Waals surface area contributed by atoms with E-state index in [1.807, 2.05) is 11.9 Å². The van der Waals surface area contributed by atoms with Crippen molar-refractivity contribution in [3.8, 4) is 0 Å². The molecule has 106 valence electrons. The molecule has 0 spiro atoms. The second-order valence-electron chi connectivity index (χ2n) is 4.13. The van der Waals surface area contributed by atoms with E-state index in [9.17, 15) is 4.79 Å². The van der Waals surface area contributed by atoms with Gasteiger partial charge in [-0.1, -0.05) is 23.2 Å². The Kier molecular flexibility index (Phi) is 6.37. The van der Waals surface area contributed by atoms with Gasteiger partial charge in [0.1, 0.15) is 0 Å². The number of nitrogen functional groups attached to an aromatic ring is 1. The first-order chi connectivity index (χ1) is 8.93. The van der Waals surface area contributed by atoms with Gasteiger partial charge in [0.2, 0.25) is 5.91 Å². The van der Waals surface area contributed by atoms with Crippen molar-refractivity contribution in [3.05, 3.63) is 22.2 Å². The van der Waals surface area contributed by atoms with Crippen LogP contribution in [0.5, 0.6) is 0 Å². The van der Waals surface area contributed by atoms with Crippen molar-refractivity contribution in [1.29, 1.82) is 0 Å². The third kappa shape index (κ3) is 5.24. The number of methoxy groups -OCH3 is 1. The molecule has 0 unspecified atom stereocenters. The molecule has 0 saturated carbocycles. The van der Waals surface area contributed by atoms with Gasteiger partial charge in [0, 0.05) is 18.7 Å². The number of nitrogens with one attached hydrogen (secondary N) is 1. The number of ether oxygens (including phenoxy) is 1. The van der Waals surface area contributed by atoms with Crippen LogP contribution in [0.15, 0.2) is 12.1 Å². The molecule has 0 aliphatic heterocycles. The van der Waals surface area contributed by atoms with Crippen molar-refractivity contribution >= 4 is 40.5 Å². The van der Waals surface area contributed by atoms with Gasteiger partial charge in [-0.3, -0.25) is 9.69 Å². The summed E-state index contributed by atoms with van der Waals surface area (Å²) in [7, 11) is 3.44. The summed E-state index contributed by atoms with van der Waals surface area (Å²) in [6, 6.07) is 3.07. The molecule has 1 amide bonds. The van der Waals surface area contributed by atoms with E-state index in [1.54, 1.807) is 7.11 Å². The Bertz CT molecular complexity index is 432. The lowest BCUT2D eigenvalue weighted by Gasteiger charge is -2.16. The number of nitrogens with zero attached hydrogens (tertiary/aromatic N) is 1. The normalized spacial score (nSPS) is 10.8. The topological polar surface area (TPSA) is 67.6 Å². The summed E-state index contributed by atoms with van der Waals surface area (Å²) in [5.41, 5.74) is 6.49. The van der Waals surface area contributed by atoms with E-state index < -0.39 is 0 Å². The Balaban J connectivity index is 2.62. The zero-order chi connectivity index (χ0) is 14.4. The van der Waals surface area contributed by atoms with Crippen molar-refractivity contribution in [3.63, 3.8) is 0 Å². The smallest absolute Gasteiger partial charge is 0.238 e. The molecule has 1 rings (SSSR count). The van der Waals surface area contributed by atoms with E-state index in [4.69, 9.17) is 33.7 Å². The van der Waals surface area contributed by atoms with Crippen LogP contribution in [-0.4, -0.2) is 44.7 Å². The van der Waals surface area contributed by atoms with Gasteiger partial charge in [0.05, 0.1) is 29.5 Å². The Labute approximate surface area is 122 Å². The molecule has 0 aliphatic rings. The predicted octanol–water partition coefficient (Wildman–Crippen LogP) is 2.09. The molecule has 3 N–H and O–H groups in total. The average Bonchev–Trinajstić information content (AvgIpc) is 2.31. The van der Waals surface area contributed by atoms with Crippen LogP contribution in [0.3, 0.4) is 0 Å². The lowest BCUT2D eigenvalue weighted by Crippen LogP contribution is -2.32. The number of hydrogen-bond donors (Lipinski definition) is 2. The van der Waals surface area contributed by atoms with Crippen LogP contribution in [-0.2, 0) is 9.53 Å². The molecule has 0 aromatic heterocycles. The Morgan fingerprint density at radius 2 is 2.16 bits per heavy atom. The molecule has 0 fully saturated rings. The van der Waals surface area contributed by atoms with Gasteiger partial charge in [-0.25, -0.2) is 0 Å². The zero-order valence-corrected chi connectivity index (χ0v) is 12.4. The fourth-order valence-corrected chi connectivity index (χ4v) is 2.03. The van der Waals surface area contributed by atoms with E-state index in [2.05, 4.69) is 5.32 Å². The summed E-state index contributed by atoms with van der Waals surface area (Å²) in [4.78, 5) is 13.7. The molecule has 19 heavy (non-hydrogen) atoms. The standard InChI is InChI=1S/C12H17Cl2N3O2/c1-17(3-4-19-2)7-11(18)16-12-9(14)5-8(13)6-10(12)15/h5-6H,3-4,7,15H2,1-2H3,(H,16,18). The molecule has 5 nitrogen and oxygen atoms in total. The van der Waals surface area contributed by atoms with Crippen LogP contribution >= 0.6 is 23.2 Å². The lowest BCUT2D eigenvalue weighted by molar-refractivity contribution is -0.117. The first kappa shape index (κ1) is 16.0. The van der Waals surface area contributed by atoms with Crippen molar-refractivity contribution in [2.24, 2.45) is 0 Å². The summed E-state index contributed by atoms with van der Waals surface area (Å²) in [6.45, 7) is 1.45. The maximum absolute atomic E-state index is 11.8. The highest BCUT2D eigenvalue weighted by atomic mass is 35.5. The Morgan fingerprint density at radius 1 is 1.47 bits per heavy atom. The summed E-state index contributed by atoms with van der Waals surface area (Å²) < 4.78 is 4.93. The molecule has 0 aliphatic carbocycles. The van der Waals surface area contributed by atoms with Gasteiger partial charge >= 0.3 is 0 Å². The number of hydrogen-bond acceptors (Lipinski definition) is 4. The van der Waals surface area contributed by atoms with E-state index in [-0.39, 0.29) is 12.5 Å². The van der Waals surface area contributed by atoms with Gasteiger partial charge in [-0.2, -0.15) is 0 Å². The molecule has 0 bridgehead atoms. The van der Waals surface area contributed by atoms with E-state index in [1.165, 1.54) is 12.1 Å². The molecule has 0 heterocycles. The molecule has 7 heteroatoms. The Hall–Kier alpha value is -1.01. The minimum Gasteiger partial charge on any atom is -0.397 e. The van der Waals surface area contributed by atoms with E-state index in [0.717, 1.165) is 0 Å². The summed E-state index contributed by atoms with van der Waals surface area (Å²) in [5.74, 6) is -0.200. The van der Waals surface area contributed by atoms with Gasteiger partial charge in [-0.05, 0) is 19.2 Å². The molecule has 1 aromatic carbocycles. The quantitative estimate of drug-likeness (QED) is 0.790. The number of carbonyl (C=O) groups is 1. The molecule has 0 saturated heterocycles. The van der Waals surface area contributed by atoms with Crippen LogP contribution in [0.25, 0.3) is 0 Å². The minimum absolute atomic E-state index is 0.200. The number of rotatable bonds is 6. The number of anilines is 2. The number of nitrogens with two attached hydrogens (primary N) is 1. The van der Waals surface area contributed by atoms with Crippen LogP contribution in [0, 0.1) is 0 Å². The van der Waals surface area contributed by atoms with Gasteiger partial charge < -0.3 is 15.8 Å². The number of carbonyl (C=O) groups excluding carboxylic acids is 1. The SMILES string of the molecule is COCCN(C)CC(=O)Nc1c(N)cc(Cl)cc1Cl. The average molecular weight is 306 g/mol. The second-order valence-corrected chi connectivity index (χ2v) is 4.97. The molecule has 1 aromatic rings. The van der Waals surface area contributed by atoms with E-state index in [0.29, 0.717) is 34.6 Å². The molecular weight excluding hydrogens is 289 g/mol. The highest BCUT2D eigenvalue weighted by molar-refractivity contribution is 6.37. The van der Waals surface area contributed by atoms with Gasteiger partial charge in [0.15, 0.2) is 0 Å². The fraction of sp³-hybridized carbons (Fsp3) is 0.417. The maximum atomic E-state index is 11.8. The monoisotopic (exact) mass is 305 g/mol. The van der Waals surface area contributed by atoms with Crippen molar-refractivity contribution in [2.75, 3.05) is 44.9 Å². The largest absolute Gasteiger partial charge is 0.397 e. The van der Waals surface area contributed by atoms with Gasteiger partial charge in [-0.15, -0.1) is 0 Å². The second kappa shape index (κ2) is 7.55. The third-order valence-electron chi connectivity index (χ3n) is 2.44. The maximum Gasteiger partial charge on any atom is 0.238 e. The first-order valence-electron chi connectivity index (χ1n) is 5.66. The minimum atomic E-state index is -0.200. The number of amides is 1. The molecule has 0 radical (unpaired) electrons. The Morgan fingerprint density at radius 3 is 2.74 bits per heavy atom. The number of halogens is 2. The summed E-state index contributed by atoms with van der Waals surface area (Å²) in [6.07, 6.45) is 0. The van der Waals surface area contributed by atoms with Crippen molar-refractivity contribution in [2.45, 2.75) is 0 Å². The molecular formula is C12H17Cl2N3O2. The first-order valence-corrected chi connectivity index (χ1v) is 6.41. The van der Waals surface area contributed by atoms with Crippen LogP contribution in [0.4, 0.5) is 11.4 Å². The van der Waals surface area contributed by atoms with Crippen LogP contribution < -0.4 is 11.1 Å². The van der Waals surface area contributed by atoms with E-state index >= 15 is 0 Å². The fourth-order valence-electron chi connectivity index (χ4n) is 1.48. The summed E-state index contributed by atoms with van der Waals surface area (Å²) in [5, 5.41) is 3.42.